The zero-order chi connectivity index (χ0) is 12.8. The fourth-order valence-electron chi connectivity index (χ4n) is 3.31. The molecule has 0 radical (unpaired) electrons. The maximum atomic E-state index is 11.9. The Morgan fingerprint density at radius 3 is 2.94 bits per heavy atom. The predicted octanol–water partition coefficient (Wildman–Crippen LogP) is 2.88. The number of fused-ring (bicyclic) bond motifs is 1. The molecule has 0 aromatic carbocycles. The van der Waals surface area contributed by atoms with Gasteiger partial charge in [0.25, 0.3) is 0 Å². The van der Waals surface area contributed by atoms with Crippen molar-refractivity contribution in [2.75, 3.05) is 6.61 Å². The van der Waals surface area contributed by atoms with Gasteiger partial charge in [0.1, 0.15) is 0 Å². The number of aromatic nitrogens is 1. The van der Waals surface area contributed by atoms with Crippen LogP contribution in [0.2, 0.25) is 0 Å². The lowest BCUT2D eigenvalue weighted by Gasteiger charge is -2.27. The van der Waals surface area contributed by atoms with Crippen LogP contribution in [0.1, 0.15) is 54.4 Å². The summed E-state index contributed by atoms with van der Waals surface area (Å²) in [6.07, 6.45) is 5.01. The molecule has 1 aromatic rings. The van der Waals surface area contributed by atoms with Crippen molar-refractivity contribution in [1.82, 2.24) is 4.57 Å². The molecule has 3 nitrogen and oxygen atoms in total. The van der Waals surface area contributed by atoms with Gasteiger partial charge in [-0.3, -0.25) is 4.79 Å². The van der Waals surface area contributed by atoms with Gasteiger partial charge in [-0.1, -0.05) is 0 Å². The first kappa shape index (κ1) is 12.0. The van der Waals surface area contributed by atoms with Crippen molar-refractivity contribution in [3.63, 3.8) is 0 Å². The van der Waals surface area contributed by atoms with Crippen molar-refractivity contribution >= 4 is 5.78 Å². The maximum absolute atomic E-state index is 11.9. The van der Waals surface area contributed by atoms with Gasteiger partial charge in [-0.15, -0.1) is 0 Å². The molecule has 0 N–H and O–H groups in total. The lowest BCUT2D eigenvalue weighted by Crippen LogP contribution is -2.31. The molecule has 1 fully saturated rings. The Morgan fingerprint density at radius 2 is 2.22 bits per heavy atom. The molecular formula is C15H21NO2. The van der Waals surface area contributed by atoms with Gasteiger partial charge in [-0.05, 0) is 45.6 Å². The maximum Gasteiger partial charge on any atom is 0.164 e. The molecule has 3 heteroatoms. The Bertz CT molecular complexity index is 481. The average molecular weight is 247 g/mol. The Kier molecular flexibility index (Phi) is 2.81. The second-order valence-corrected chi connectivity index (χ2v) is 5.91. The van der Waals surface area contributed by atoms with Crippen molar-refractivity contribution in [2.45, 2.75) is 58.1 Å². The van der Waals surface area contributed by atoms with Crippen molar-refractivity contribution in [2.24, 2.45) is 0 Å². The van der Waals surface area contributed by atoms with E-state index in [1.54, 1.807) is 0 Å². The largest absolute Gasteiger partial charge is 0.373 e. The second-order valence-electron chi connectivity index (χ2n) is 5.91. The fraction of sp³-hybridized carbons (Fsp3) is 0.667. The van der Waals surface area contributed by atoms with Crippen LogP contribution in [-0.4, -0.2) is 22.6 Å². The van der Waals surface area contributed by atoms with Gasteiger partial charge in [0.2, 0.25) is 0 Å². The molecule has 1 atom stereocenters. The number of ketones is 1. The second kappa shape index (κ2) is 4.23. The van der Waals surface area contributed by atoms with E-state index in [0.29, 0.717) is 12.2 Å². The highest BCUT2D eigenvalue weighted by molar-refractivity contribution is 5.98. The van der Waals surface area contributed by atoms with E-state index in [2.05, 4.69) is 24.5 Å². The molecule has 0 spiro atoms. The highest BCUT2D eigenvalue weighted by Crippen LogP contribution is 2.31. The number of ether oxygens (including phenoxy) is 1. The Balaban J connectivity index is 1.94. The van der Waals surface area contributed by atoms with Crippen molar-refractivity contribution in [3.05, 3.63) is 23.0 Å². The molecule has 1 aromatic heterocycles. The standard InChI is InChI=1S/C15H21NO2/c1-11-9-12-13(5-3-6-14(12)17)16(11)10-15(2)7-4-8-18-15/h9H,3-8,10H2,1-2H3. The molecule has 1 saturated heterocycles. The molecule has 0 amide bonds. The number of carbonyl (C=O) groups is 1. The van der Waals surface area contributed by atoms with Crippen molar-refractivity contribution in [3.8, 4) is 0 Å². The lowest BCUT2D eigenvalue weighted by molar-refractivity contribution is 0.00527. The van der Waals surface area contributed by atoms with Crippen molar-refractivity contribution in [1.29, 1.82) is 0 Å². The molecule has 1 aliphatic carbocycles. The molecule has 1 aliphatic heterocycles. The highest BCUT2D eigenvalue weighted by atomic mass is 16.5. The zero-order valence-electron chi connectivity index (χ0n) is 11.3. The van der Waals surface area contributed by atoms with Crippen LogP contribution in [0.4, 0.5) is 0 Å². The molecule has 3 rings (SSSR count). The lowest BCUT2D eigenvalue weighted by atomic mass is 9.96. The van der Waals surface area contributed by atoms with Crippen LogP contribution >= 0.6 is 0 Å². The van der Waals surface area contributed by atoms with E-state index in [0.717, 1.165) is 44.4 Å². The van der Waals surface area contributed by atoms with Crippen LogP contribution in [0.25, 0.3) is 0 Å². The summed E-state index contributed by atoms with van der Waals surface area (Å²) in [6.45, 7) is 6.06. The number of Topliss-reactive ketones (excluding diaryl/α,β-unsaturated/α-hetero) is 1. The summed E-state index contributed by atoms with van der Waals surface area (Å²) in [5.41, 5.74) is 3.35. The van der Waals surface area contributed by atoms with E-state index in [9.17, 15) is 4.79 Å². The minimum atomic E-state index is -0.0436. The number of carbonyl (C=O) groups excluding carboxylic acids is 1. The van der Waals surface area contributed by atoms with Crippen LogP contribution in [0, 0.1) is 6.92 Å². The minimum Gasteiger partial charge on any atom is -0.373 e. The third-order valence-corrected chi connectivity index (χ3v) is 4.33. The van der Waals surface area contributed by atoms with Gasteiger partial charge in [-0.25, -0.2) is 0 Å². The molecule has 2 aliphatic rings. The summed E-state index contributed by atoms with van der Waals surface area (Å²) in [6, 6.07) is 2.06. The van der Waals surface area contributed by atoms with Gasteiger partial charge >= 0.3 is 0 Å². The SMILES string of the molecule is Cc1cc2c(n1CC1(C)CCCO1)CCCC2=O. The highest BCUT2D eigenvalue weighted by Gasteiger charge is 2.32. The summed E-state index contributed by atoms with van der Waals surface area (Å²) in [7, 11) is 0. The summed E-state index contributed by atoms with van der Waals surface area (Å²) in [5, 5.41) is 0. The van der Waals surface area contributed by atoms with E-state index in [4.69, 9.17) is 4.74 Å². The molecule has 1 unspecified atom stereocenters. The van der Waals surface area contributed by atoms with Crippen LogP contribution < -0.4 is 0 Å². The third-order valence-electron chi connectivity index (χ3n) is 4.33. The minimum absolute atomic E-state index is 0.0436. The summed E-state index contributed by atoms with van der Waals surface area (Å²) >= 11 is 0. The number of nitrogens with zero attached hydrogens (tertiary/aromatic N) is 1. The smallest absolute Gasteiger partial charge is 0.164 e. The van der Waals surface area contributed by atoms with E-state index in [1.807, 2.05) is 0 Å². The van der Waals surface area contributed by atoms with E-state index in [-0.39, 0.29) is 5.60 Å². The van der Waals surface area contributed by atoms with Gasteiger partial charge in [0.05, 0.1) is 12.1 Å². The monoisotopic (exact) mass is 247 g/mol. The normalized spacial score (nSPS) is 27.6. The van der Waals surface area contributed by atoms with Gasteiger partial charge < -0.3 is 9.30 Å². The number of hydrogen-bond acceptors (Lipinski definition) is 2. The Morgan fingerprint density at radius 1 is 1.39 bits per heavy atom. The van der Waals surface area contributed by atoms with Gasteiger partial charge in [0.15, 0.2) is 5.78 Å². The first-order valence-electron chi connectivity index (χ1n) is 6.95. The Labute approximate surface area is 108 Å². The van der Waals surface area contributed by atoms with E-state index >= 15 is 0 Å². The number of rotatable bonds is 2. The topological polar surface area (TPSA) is 31.2 Å². The van der Waals surface area contributed by atoms with Crippen LogP contribution in [0.5, 0.6) is 0 Å². The zero-order valence-corrected chi connectivity index (χ0v) is 11.3. The van der Waals surface area contributed by atoms with Gasteiger partial charge in [0, 0.05) is 30.0 Å². The number of aryl methyl sites for hydroxylation is 1. The quantitative estimate of drug-likeness (QED) is 0.804. The summed E-state index contributed by atoms with van der Waals surface area (Å²) in [5.74, 6) is 0.315. The fourth-order valence-corrected chi connectivity index (χ4v) is 3.31. The first-order valence-corrected chi connectivity index (χ1v) is 6.95. The van der Waals surface area contributed by atoms with Crippen molar-refractivity contribution < 1.29 is 9.53 Å². The molecule has 98 valence electrons. The Hall–Kier alpha value is -1.09. The molecule has 0 saturated carbocycles. The predicted molar refractivity (Wildman–Crippen MR) is 70.0 cm³/mol. The molecular weight excluding hydrogens is 226 g/mol. The molecule has 0 bridgehead atoms. The van der Waals surface area contributed by atoms with Crippen LogP contribution in [-0.2, 0) is 17.7 Å². The van der Waals surface area contributed by atoms with Crippen LogP contribution in [0.3, 0.4) is 0 Å². The molecule has 18 heavy (non-hydrogen) atoms. The average Bonchev–Trinajstić information content (AvgIpc) is 2.88. The molecule has 2 heterocycles. The van der Waals surface area contributed by atoms with E-state index in [1.165, 1.54) is 11.4 Å². The number of hydrogen-bond donors (Lipinski definition) is 0. The van der Waals surface area contributed by atoms with E-state index < -0.39 is 0 Å². The third kappa shape index (κ3) is 1.91. The van der Waals surface area contributed by atoms with Crippen LogP contribution in [0.15, 0.2) is 6.07 Å². The summed E-state index contributed by atoms with van der Waals surface area (Å²) < 4.78 is 8.20. The first-order chi connectivity index (χ1) is 8.59. The van der Waals surface area contributed by atoms with Gasteiger partial charge in [-0.2, -0.15) is 0 Å². The summed E-state index contributed by atoms with van der Waals surface area (Å²) in [4.78, 5) is 11.9.